The highest BCUT2D eigenvalue weighted by molar-refractivity contribution is 6.31. The summed E-state index contributed by atoms with van der Waals surface area (Å²) < 4.78 is 13.8. The van der Waals surface area contributed by atoms with Crippen molar-refractivity contribution in [1.82, 2.24) is 5.32 Å². The molecule has 0 heterocycles. The summed E-state index contributed by atoms with van der Waals surface area (Å²) in [6.45, 7) is 1.04. The third-order valence-electron chi connectivity index (χ3n) is 4.19. The van der Waals surface area contributed by atoms with E-state index in [1.165, 1.54) is 6.07 Å². The summed E-state index contributed by atoms with van der Waals surface area (Å²) in [6.07, 6.45) is 3.25. The third-order valence-corrected chi connectivity index (χ3v) is 4.50. The summed E-state index contributed by atoms with van der Waals surface area (Å²) in [5.41, 5.74) is 1.24. The fourth-order valence-electron chi connectivity index (χ4n) is 3.83. The first kappa shape index (κ1) is 10.5. The first-order valence-corrected chi connectivity index (χ1v) is 6.08. The highest BCUT2D eigenvalue weighted by Crippen LogP contribution is 2.74. The van der Waals surface area contributed by atoms with Crippen molar-refractivity contribution in [3.63, 3.8) is 0 Å². The Morgan fingerprint density at radius 3 is 2.62 bits per heavy atom. The van der Waals surface area contributed by atoms with Crippen LogP contribution in [0.25, 0.3) is 0 Å². The number of hydrogen-bond acceptors (Lipinski definition) is 1. The van der Waals surface area contributed by atoms with E-state index in [1.807, 2.05) is 7.05 Å². The molecule has 2 bridgehead atoms. The Balaban J connectivity index is 1.87. The molecule has 0 atom stereocenters. The minimum Gasteiger partial charge on any atom is -0.319 e. The van der Waals surface area contributed by atoms with E-state index >= 15 is 0 Å². The summed E-state index contributed by atoms with van der Waals surface area (Å²) in [7, 11) is 1.98. The summed E-state index contributed by atoms with van der Waals surface area (Å²) in [5, 5.41) is 3.81. The molecule has 1 N–H and O–H groups in total. The molecule has 0 saturated heterocycles. The average Bonchev–Trinajstić information content (AvgIpc) is 2.11. The summed E-state index contributed by atoms with van der Waals surface area (Å²) in [4.78, 5) is 0. The third kappa shape index (κ3) is 1.20. The van der Waals surface area contributed by atoms with Gasteiger partial charge in [-0.2, -0.15) is 0 Å². The molecular weight excluding hydrogens is 225 g/mol. The Kier molecular flexibility index (Phi) is 2.11. The smallest absolute Gasteiger partial charge is 0.128 e. The van der Waals surface area contributed by atoms with E-state index < -0.39 is 0 Å². The molecule has 4 rings (SSSR count). The molecule has 3 aliphatic rings. The Bertz CT molecular complexity index is 404. The van der Waals surface area contributed by atoms with Crippen molar-refractivity contribution in [1.29, 1.82) is 0 Å². The van der Waals surface area contributed by atoms with E-state index in [4.69, 9.17) is 11.6 Å². The van der Waals surface area contributed by atoms with E-state index in [1.54, 1.807) is 12.1 Å². The Morgan fingerprint density at radius 2 is 2.06 bits per heavy atom. The average molecular weight is 240 g/mol. The number of halogens is 2. The second kappa shape index (κ2) is 3.21. The van der Waals surface area contributed by atoms with Crippen LogP contribution in [0.15, 0.2) is 18.2 Å². The molecule has 0 unspecified atom stereocenters. The van der Waals surface area contributed by atoms with Gasteiger partial charge >= 0.3 is 0 Å². The minimum atomic E-state index is -0.134. The molecule has 1 aromatic rings. The molecule has 3 heteroatoms. The van der Waals surface area contributed by atoms with Crippen molar-refractivity contribution < 1.29 is 4.39 Å². The lowest BCUT2D eigenvalue weighted by Gasteiger charge is -2.71. The number of hydrogen-bond donors (Lipinski definition) is 1. The summed E-state index contributed by atoms with van der Waals surface area (Å²) >= 11 is 6.12. The number of benzene rings is 1. The second-order valence-electron chi connectivity index (χ2n) is 5.44. The van der Waals surface area contributed by atoms with Crippen LogP contribution >= 0.6 is 11.6 Å². The van der Waals surface area contributed by atoms with Gasteiger partial charge in [-0.05, 0) is 43.9 Å². The van der Waals surface area contributed by atoms with Gasteiger partial charge < -0.3 is 5.32 Å². The maximum atomic E-state index is 13.8. The molecule has 86 valence electrons. The summed E-state index contributed by atoms with van der Waals surface area (Å²) in [5.74, 6) is -0.134. The van der Waals surface area contributed by atoms with Crippen LogP contribution in [0.1, 0.15) is 24.8 Å². The zero-order chi connectivity index (χ0) is 11.4. The Labute approximate surface area is 100.0 Å². The second-order valence-corrected chi connectivity index (χ2v) is 5.84. The molecule has 16 heavy (non-hydrogen) atoms. The van der Waals surface area contributed by atoms with Gasteiger partial charge in [-0.3, -0.25) is 0 Å². The van der Waals surface area contributed by atoms with Gasteiger partial charge in [0.15, 0.2) is 0 Å². The van der Waals surface area contributed by atoms with Gasteiger partial charge in [0.1, 0.15) is 5.82 Å². The van der Waals surface area contributed by atoms with E-state index in [0.717, 1.165) is 31.4 Å². The zero-order valence-electron chi connectivity index (χ0n) is 9.32. The van der Waals surface area contributed by atoms with Gasteiger partial charge in [-0.25, -0.2) is 4.39 Å². The van der Waals surface area contributed by atoms with Crippen molar-refractivity contribution >= 4 is 11.6 Å². The molecule has 0 amide bonds. The first-order valence-electron chi connectivity index (χ1n) is 5.70. The lowest BCUT2D eigenvalue weighted by molar-refractivity contribution is -0.138. The lowest BCUT2D eigenvalue weighted by Crippen LogP contribution is -2.67. The van der Waals surface area contributed by atoms with Crippen LogP contribution in [-0.2, 0) is 5.41 Å². The predicted octanol–water partition coefficient (Wildman–Crippen LogP) is 3.12. The van der Waals surface area contributed by atoms with Crippen molar-refractivity contribution in [2.24, 2.45) is 5.41 Å². The van der Waals surface area contributed by atoms with Gasteiger partial charge in [-0.1, -0.05) is 17.7 Å². The van der Waals surface area contributed by atoms with Gasteiger partial charge in [0, 0.05) is 22.5 Å². The molecule has 0 radical (unpaired) electrons. The lowest BCUT2D eigenvalue weighted by atomic mass is 9.33. The molecule has 3 fully saturated rings. The number of nitrogens with one attached hydrogen (secondary N) is 1. The molecular formula is C13H15ClFN. The van der Waals surface area contributed by atoms with E-state index in [-0.39, 0.29) is 11.2 Å². The van der Waals surface area contributed by atoms with E-state index in [0.29, 0.717) is 10.4 Å². The fourth-order valence-corrected chi connectivity index (χ4v) is 4.19. The highest BCUT2D eigenvalue weighted by atomic mass is 35.5. The van der Waals surface area contributed by atoms with Crippen LogP contribution in [0.5, 0.6) is 0 Å². The van der Waals surface area contributed by atoms with Crippen LogP contribution in [0.3, 0.4) is 0 Å². The van der Waals surface area contributed by atoms with Gasteiger partial charge in [-0.15, -0.1) is 0 Å². The molecule has 3 aliphatic carbocycles. The van der Waals surface area contributed by atoms with Gasteiger partial charge in [0.2, 0.25) is 0 Å². The maximum Gasteiger partial charge on any atom is 0.128 e. The monoisotopic (exact) mass is 239 g/mol. The molecule has 0 aromatic heterocycles. The zero-order valence-corrected chi connectivity index (χ0v) is 10.1. The van der Waals surface area contributed by atoms with Crippen LogP contribution in [0.2, 0.25) is 5.02 Å². The molecule has 1 aromatic carbocycles. The number of rotatable bonds is 3. The molecule has 0 aliphatic heterocycles. The quantitative estimate of drug-likeness (QED) is 0.855. The molecule has 1 nitrogen and oxygen atoms in total. The van der Waals surface area contributed by atoms with Crippen LogP contribution in [0, 0.1) is 11.2 Å². The van der Waals surface area contributed by atoms with Crippen LogP contribution in [-0.4, -0.2) is 13.6 Å². The fraction of sp³-hybridized carbons (Fsp3) is 0.538. The largest absolute Gasteiger partial charge is 0.319 e. The van der Waals surface area contributed by atoms with Crippen LogP contribution < -0.4 is 5.32 Å². The molecule has 0 spiro atoms. The minimum absolute atomic E-state index is 0.0548. The van der Waals surface area contributed by atoms with Crippen LogP contribution in [0.4, 0.5) is 4.39 Å². The van der Waals surface area contributed by atoms with Gasteiger partial charge in [0.05, 0.1) is 0 Å². The van der Waals surface area contributed by atoms with Crippen molar-refractivity contribution in [2.75, 3.05) is 13.6 Å². The van der Waals surface area contributed by atoms with Crippen molar-refractivity contribution in [2.45, 2.75) is 24.7 Å². The van der Waals surface area contributed by atoms with Crippen molar-refractivity contribution in [3.05, 3.63) is 34.6 Å². The standard InChI is InChI=1S/C13H15ClFN/c1-16-8-12-5-13(6-12,7-12)11-9(14)3-2-4-10(11)15/h2-4,16H,5-8H2,1H3. The first-order chi connectivity index (χ1) is 7.61. The predicted molar refractivity (Wildman–Crippen MR) is 63.3 cm³/mol. The summed E-state index contributed by atoms with van der Waals surface area (Å²) in [6, 6.07) is 4.99. The van der Waals surface area contributed by atoms with Crippen molar-refractivity contribution in [3.8, 4) is 0 Å². The normalized spacial score (nSPS) is 35.4. The molecule has 3 saturated carbocycles. The van der Waals surface area contributed by atoms with E-state index in [2.05, 4.69) is 5.32 Å². The van der Waals surface area contributed by atoms with Gasteiger partial charge in [0.25, 0.3) is 0 Å². The SMILES string of the molecule is CNCC12CC(c3c(F)cccc3Cl)(C1)C2. The maximum absolute atomic E-state index is 13.8. The highest BCUT2D eigenvalue weighted by Gasteiger charge is 2.68. The van der Waals surface area contributed by atoms with E-state index in [9.17, 15) is 4.39 Å². The Hall–Kier alpha value is -0.600. The Morgan fingerprint density at radius 1 is 1.38 bits per heavy atom. The topological polar surface area (TPSA) is 12.0 Å².